The number of carbonyl (C=O) groups is 3. The molecule has 0 spiro atoms. The minimum atomic E-state index is -0.571. The number of alkyl halides is 1. The summed E-state index contributed by atoms with van der Waals surface area (Å²) in [5.41, 5.74) is 3.76. The zero-order valence-corrected chi connectivity index (χ0v) is 44.7. The maximum Gasteiger partial charge on any atom is 1.00 e. The molecule has 2 aromatic carbocycles. The molecule has 2 aromatic rings. The van der Waals surface area contributed by atoms with Crippen LogP contribution in [0.25, 0.3) is 1.43 Å². The minimum absolute atomic E-state index is 0. The van der Waals surface area contributed by atoms with Gasteiger partial charge in [0.25, 0.3) is 1.43 Å². The first-order valence-corrected chi connectivity index (χ1v) is 15.2. The van der Waals surface area contributed by atoms with E-state index < -0.39 is 23.4 Å². The van der Waals surface area contributed by atoms with Crippen molar-refractivity contribution in [1.82, 2.24) is 0 Å². The van der Waals surface area contributed by atoms with Crippen molar-refractivity contribution in [3.63, 3.8) is 0 Å². The van der Waals surface area contributed by atoms with Crippen molar-refractivity contribution in [1.29, 1.82) is 1.43 Å². The first-order valence-electron chi connectivity index (χ1n) is 13.5. The summed E-state index contributed by atoms with van der Waals surface area (Å²) in [6, 6.07) is 7.48. The average molecular weight is 1010 g/mol. The minimum Gasteiger partial charge on any atom is -0.505 e. The van der Waals surface area contributed by atoms with Crippen LogP contribution in [0.4, 0.5) is 25.4 Å². The van der Waals surface area contributed by atoms with Crippen LogP contribution in [0.2, 0.25) is 0 Å². The van der Waals surface area contributed by atoms with Crippen LogP contribution in [0, 0.1) is 34.9 Å². The Bertz CT molecular complexity index is 1200. The van der Waals surface area contributed by atoms with Gasteiger partial charge in [0.2, 0.25) is 0 Å². The Balaban J connectivity index is -0.000000194. The summed E-state index contributed by atoms with van der Waals surface area (Å²) in [5.74, 6) is 0.764. The topological polar surface area (TPSA) is 144 Å². The molecule has 0 atom stereocenters. The number of halogens is 2. The fourth-order valence-corrected chi connectivity index (χ4v) is 3.34. The van der Waals surface area contributed by atoms with Crippen LogP contribution in [-0.4, -0.2) is 59.3 Å². The molecule has 0 aliphatic rings. The van der Waals surface area contributed by atoms with E-state index in [4.69, 9.17) is 20.4 Å². The van der Waals surface area contributed by atoms with Crippen LogP contribution < -0.4 is 153 Å². The molecule has 2 amide bonds. The summed E-state index contributed by atoms with van der Waals surface area (Å²) in [6.45, 7) is 18.5. The number of hydrogen-bond donors (Lipinski definition) is 3. The SMILES string of the molecule is CI.COc1c(C)cc(C)cc1N(C)C(=O)OC(C)(C)C.Cc1cc(C)c(O)c(NC(=O)OC(C)(C)C)c1.[2H]OOC=O.[CH2-]F.[Cs+].[Cs+]. The van der Waals surface area contributed by atoms with E-state index in [1.54, 1.807) is 55.1 Å². The molecule has 15 heteroatoms. The van der Waals surface area contributed by atoms with Crippen LogP contribution in [-0.2, 0) is 19.2 Å². The molecule has 252 valence electrons. The van der Waals surface area contributed by atoms with E-state index in [1.807, 2.05) is 64.7 Å². The molecule has 0 aliphatic heterocycles. The Labute approximate surface area is 407 Å². The van der Waals surface area contributed by atoms with Gasteiger partial charge in [-0.1, -0.05) is 34.7 Å². The van der Waals surface area contributed by atoms with Crippen LogP contribution >= 0.6 is 22.6 Å². The van der Waals surface area contributed by atoms with Crippen molar-refractivity contribution in [3.8, 4) is 11.5 Å². The first-order chi connectivity index (χ1) is 20.8. The molecule has 0 saturated heterocycles. The third-order valence-electron chi connectivity index (χ3n) is 4.75. The van der Waals surface area contributed by atoms with Crippen molar-refractivity contribution >= 4 is 52.6 Å². The average Bonchev–Trinajstić information content (AvgIpc) is 2.92. The number of phenols is 1. The van der Waals surface area contributed by atoms with Crippen molar-refractivity contribution < 1.29 is 186 Å². The summed E-state index contributed by atoms with van der Waals surface area (Å²) < 4.78 is 30.8. The smallest absolute Gasteiger partial charge is 0.505 e. The van der Waals surface area contributed by atoms with E-state index in [2.05, 4.69) is 38.1 Å². The second-order valence-corrected chi connectivity index (χ2v) is 11.0. The number of carbonyl (C=O) groups excluding carboxylic acids is 3. The van der Waals surface area contributed by atoms with Crippen molar-refractivity contribution in [3.05, 3.63) is 53.7 Å². The Morgan fingerprint density at radius 2 is 1.39 bits per heavy atom. The molecule has 3 N–H and O–H groups in total. The number of amides is 2. The van der Waals surface area contributed by atoms with Gasteiger partial charge < -0.3 is 28.6 Å². The Morgan fingerprint density at radius 1 is 0.935 bits per heavy atom. The predicted octanol–water partition coefficient (Wildman–Crippen LogP) is 2.48. The van der Waals surface area contributed by atoms with Crippen molar-refractivity contribution in [2.24, 2.45) is 0 Å². The molecule has 0 aliphatic carbocycles. The molecular formula is C31H49Cs2FIN2O9+. The van der Waals surface area contributed by atoms with Gasteiger partial charge >= 0.3 is 156 Å². The number of aryl methyl sites for hydroxylation is 4. The molecule has 0 unspecified atom stereocenters. The van der Waals surface area contributed by atoms with Gasteiger partial charge in [0.1, 0.15) is 22.7 Å². The number of hydrogen-bond acceptors (Lipinski definition) is 9. The van der Waals surface area contributed by atoms with E-state index >= 15 is 0 Å². The number of phenolic OH excluding ortho intramolecular Hbond substituents is 1. The van der Waals surface area contributed by atoms with E-state index in [0.29, 0.717) is 17.1 Å². The van der Waals surface area contributed by atoms with Gasteiger partial charge in [0.15, 0.2) is 0 Å². The molecule has 0 radical (unpaired) electrons. The number of anilines is 2. The quantitative estimate of drug-likeness (QED) is 0.0603. The molecule has 0 aromatic heterocycles. The van der Waals surface area contributed by atoms with Crippen molar-refractivity contribution in [2.45, 2.75) is 80.4 Å². The third-order valence-corrected chi connectivity index (χ3v) is 4.75. The largest absolute Gasteiger partial charge is 1.00 e. The predicted molar refractivity (Wildman–Crippen MR) is 181 cm³/mol. The summed E-state index contributed by atoms with van der Waals surface area (Å²) in [5, 5.41) is 15.4. The number of nitrogens with one attached hydrogen (secondary N) is 1. The molecule has 2 rings (SSSR count). The number of rotatable bonds is 5. The maximum absolute atomic E-state index is 12.1. The van der Waals surface area contributed by atoms with E-state index in [-0.39, 0.29) is 150 Å². The van der Waals surface area contributed by atoms with Crippen LogP contribution in [0.3, 0.4) is 0 Å². The Kier molecular flexibility index (Phi) is 34.4. The van der Waals surface area contributed by atoms with Gasteiger partial charge in [-0.3, -0.25) is 15.0 Å². The maximum atomic E-state index is 12.1. The standard InChI is InChI=1S/C15H23NO3.C13H19NO3.CH2F.CH3I.CH2O3.2Cs/c1-10-8-11(2)13(18-7)12(9-10)16(6)14(17)19-15(3,4)5;1-8-6-9(2)11(15)10(7-8)14-12(16)17-13(3,4)5;2*1-2;2-1-4-3;;/h8-9H,1-7H3;6-7,15H,1-5H3,(H,14,16);1H2;1H3;1,3H;;/q;;-1;;;2*+1/i/hD. The summed E-state index contributed by atoms with van der Waals surface area (Å²) >= 11 is 2.15. The molecule has 0 saturated carbocycles. The molecule has 46 heavy (non-hydrogen) atoms. The molecule has 0 fully saturated rings. The Hall–Kier alpha value is 0.774. The number of aromatic hydroxyl groups is 1. The van der Waals surface area contributed by atoms with E-state index in [9.17, 15) is 19.1 Å². The van der Waals surface area contributed by atoms with Gasteiger partial charge in [-0.2, -0.15) is 7.18 Å². The summed E-state index contributed by atoms with van der Waals surface area (Å²) in [6.07, 6.45) is -0.964. The summed E-state index contributed by atoms with van der Waals surface area (Å²) in [7, 11) is 5.04. The fraction of sp³-hybridized carbons (Fsp3) is 0.484. The zero-order chi connectivity index (χ0) is 36.1. The monoisotopic (exact) mass is 1010 g/mol. The molecule has 0 heterocycles. The molecular weight excluding hydrogens is 956 g/mol. The number of nitrogens with zero attached hydrogens (tertiary/aromatic N) is 1. The van der Waals surface area contributed by atoms with Crippen LogP contribution in [0.1, 0.15) is 63.8 Å². The third kappa shape index (κ3) is 25.7. The number of benzene rings is 2. The van der Waals surface area contributed by atoms with Gasteiger partial charge in [0.05, 0.1) is 18.5 Å². The van der Waals surface area contributed by atoms with Gasteiger partial charge in [-0.25, -0.2) is 14.8 Å². The normalized spacial score (nSPS) is 9.70. The summed E-state index contributed by atoms with van der Waals surface area (Å²) in [4.78, 5) is 39.4. The van der Waals surface area contributed by atoms with Gasteiger partial charge in [0, 0.05) is 7.05 Å². The number of ether oxygens (including phenoxy) is 3. The van der Waals surface area contributed by atoms with Crippen LogP contribution in [0.15, 0.2) is 24.3 Å². The van der Waals surface area contributed by atoms with Crippen LogP contribution in [0.5, 0.6) is 11.5 Å². The zero-order valence-electron chi connectivity index (χ0n) is 31.0. The first kappa shape index (κ1) is 53.6. The Morgan fingerprint density at radius 3 is 1.78 bits per heavy atom. The second kappa shape index (κ2) is 29.5. The molecule has 11 nitrogen and oxygen atoms in total. The van der Waals surface area contributed by atoms with Gasteiger partial charge in [-0.15, -0.1) is 0 Å². The van der Waals surface area contributed by atoms with E-state index in [0.717, 1.165) is 22.3 Å². The number of methoxy groups -OCH3 is 1. The van der Waals surface area contributed by atoms with Gasteiger partial charge in [-0.05, 0) is 109 Å². The second-order valence-electron chi connectivity index (χ2n) is 11.0. The fourth-order valence-electron chi connectivity index (χ4n) is 3.34. The molecule has 0 bridgehead atoms. The van der Waals surface area contributed by atoms with E-state index in [1.165, 1.54) is 4.90 Å². The van der Waals surface area contributed by atoms with Crippen molar-refractivity contribution in [2.75, 3.05) is 29.3 Å².